The molecular weight excluding hydrogens is 250 g/mol. The van der Waals surface area contributed by atoms with Gasteiger partial charge in [-0.05, 0) is 37.4 Å². The Balaban J connectivity index is 1.57. The van der Waals surface area contributed by atoms with Crippen LogP contribution in [0.3, 0.4) is 0 Å². The smallest absolute Gasteiger partial charge is 0.240 e. The summed E-state index contributed by atoms with van der Waals surface area (Å²) >= 11 is 0. The number of benzene rings is 1. The minimum absolute atomic E-state index is 0.176. The second kappa shape index (κ2) is 5.94. The van der Waals surface area contributed by atoms with E-state index in [1.54, 1.807) is 4.90 Å². The van der Waals surface area contributed by atoms with Gasteiger partial charge >= 0.3 is 0 Å². The molecule has 0 unspecified atom stereocenters. The average molecular weight is 273 g/mol. The first-order valence-electron chi connectivity index (χ1n) is 7.51. The van der Waals surface area contributed by atoms with Crippen molar-refractivity contribution in [2.75, 3.05) is 38.1 Å². The molecule has 2 aliphatic heterocycles. The largest absolute Gasteiger partial charge is 0.314 e. The molecule has 1 aromatic carbocycles. The highest BCUT2D eigenvalue weighted by atomic mass is 16.2. The van der Waals surface area contributed by atoms with Crippen molar-refractivity contribution in [3.8, 4) is 0 Å². The molecule has 1 aromatic rings. The second-order valence-electron chi connectivity index (χ2n) is 5.95. The SMILES string of the molecule is CN(C(=O)CN1C[C@@H]2CCCN[C@@H]2C1)c1ccccc1. The third kappa shape index (κ3) is 2.86. The third-order valence-corrected chi connectivity index (χ3v) is 4.55. The summed E-state index contributed by atoms with van der Waals surface area (Å²) in [5.41, 5.74) is 0.965. The molecule has 4 nitrogen and oxygen atoms in total. The number of carbonyl (C=O) groups is 1. The molecule has 0 bridgehead atoms. The highest BCUT2D eigenvalue weighted by Gasteiger charge is 2.35. The summed E-state index contributed by atoms with van der Waals surface area (Å²) in [6.45, 7) is 3.73. The number of nitrogens with one attached hydrogen (secondary N) is 1. The van der Waals surface area contributed by atoms with Crippen molar-refractivity contribution in [2.24, 2.45) is 5.92 Å². The maximum absolute atomic E-state index is 12.4. The normalized spacial score (nSPS) is 26.2. The molecule has 2 heterocycles. The van der Waals surface area contributed by atoms with Gasteiger partial charge in [-0.2, -0.15) is 0 Å². The zero-order valence-electron chi connectivity index (χ0n) is 12.1. The molecule has 0 aliphatic carbocycles. The highest BCUT2D eigenvalue weighted by molar-refractivity contribution is 5.94. The number of likely N-dealkylation sites (tertiary alicyclic amines) is 1. The Kier molecular flexibility index (Phi) is 4.03. The topological polar surface area (TPSA) is 35.6 Å². The summed E-state index contributed by atoms with van der Waals surface area (Å²) in [5.74, 6) is 0.911. The second-order valence-corrected chi connectivity index (χ2v) is 5.95. The van der Waals surface area contributed by atoms with Crippen LogP contribution in [0.15, 0.2) is 30.3 Å². The number of hydrogen-bond acceptors (Lipinski definition) is 3. The van der Waals surface area contributed by atoms with Crippen LogP contribution in [0.25, 0.3) is 0 Å². The molecule has 0 radical (unpaired) electrons. The number of nitrogens with zero attached hydrogens (tertiary/aromatic N) is 2. The lowest BCUT2D eigenvalue weighted by atomic mass is 9.94. The van der Waals surface area contributed by atoms with Crippen molar-refractivity contribution < 1.29 is 4.79 Å². The Morgan fingerprint density at radius 1 is 1.35 bits per heavy atom. The Bertz CT molecular complexity index is 448. The summed E-state index contributed by atoms with van der Waals surface area (Å²) in [6, 6.07) is 10.4. The number of hydrogen-bond donors (Lipinski definition) is 1. The van der Waals surface area contributed by atoms with Crippen LogP contribution in [0, 0.1) is 5.92 Å². The van der Waals surface area contributed by atoms with Crippen molar-refractivity contribution in [1.29, 1.82) is 0 Å². The van der Waals surface area contributed by atoms with Gasteiger partial charge < -0.3 is 10.2 Å². The number of likely N-dealkylation sites (N-methyl/N-ethyl adjacent to an activating group) is 1. The summed E-state index contributed by atoms with van der Waals surface area (Å²) in [7, 11) is 1.86. The van der Waals surface area contributed by atoms with Gasteiger partial charge in [0.05, 0.1) is 6.54 Å². The van der Waals surface area contributed by atoms with E-state index in [-0.39, 0.29) is 5.91 Å². The minimum Gasteiger partial charge on any atom is -0.314 e. The third-order valence-electron chi connectivity index (χ3n) is 4.55. The number of anilines is 1. The van der Waals surface area contributed by atoms with Gasteiger partial charge in [0.15, 0.2) is 0 Å². The molecule has 0 saturated carbocycles. The lowest BCUT2D eigenvalue weighted by Gasteiger charge is -2.24. The van der Waals surface area contributed by atoms with E-state index in [0.717, 1.165) is 31.2 Å². The molecule has 2 saturated heterocycles. The van der Waals surface area contributed by atoms with Crippen LogP contribution < -0.4 is 10.2 Å². The predicted octanol–water partition coefficient (Wildman–Crippen LogP) is 1.33. The van der Waals surface area contributed by atoms with E-state index in [1.807, 2.05) is 37.4 Å². The number of para-hydroxylation sites is 1. The Morgan fingerprint density at radius 3 is 2.90 bits per heavy atom. The summed E-state index contributed by atoms with van der Waals surface area (Å²) in [5, 5.41) is 3.58. The zero-order chi connectivity index (χ0) is 13.9. The van der Waals surface area contributed by atoms with E-state index in [0.29, 0.717) is 12.6 Å². The zero-order valence-corrected chi connectivity index (χ0v) is 12.1. The summed E-state index contributed by atoms with van der Waals surface area (Å²) in [4.78, 5) is 16.4. The van der Waals surface area contributed by atoms with Gasteiger partial charge in [-0.25, -0.2) is 0 Å². The fourth-order valence-corrected chi connectivity index (χ4v) is 3.36. The van der Waals surface area contributed by atoms with Gasteiger partial charge in [0.25, 0.3) is 0 Å². The van der Waals surface area contributed by atoms with E-state index >= 15 is 0 Å². The number of carbonyl (C=O) groups excluding carboxylic acids is 1. The van der Waals surface area contributed by atoms with Gasteiger partial charge in [-0.1, -0.05) is 18.2 Å². The van der Waals surface area contributed by atoms with Crippen molar-refractivity contribution in [2.45, 2.75) is 18.9 Å². The molecule has 1 N–H and O–H groups in total. The minimum atomic E-state index is 0.176. The predicted molar refractivity (Wildman–Crippen MR) is 80.8 cm³/mol. The number of rotatable bonds is 3. The van der Waals surface area contributed by atoms with E-state index in [2.05, 4.69) is 10.2 Å². The molecule has 3 rings (SSSR count). The molecule has 2 fully saturated rings. The molecule has 4 heteroatoms. The van der Waals surface area contributed by atoms with Gasteiger partial charge in [0.1, 0.15) is 0 Å². The fourth-order valence-electron chi connectivity index (χ4n) is 3.36. The van der Waals surface area contributed by atoms with Gasteiger partial charge in [-0.3, -0.25) is 9.69 Å². The molecular formula is C16H23N3O. The van der Waals surface area contributed by atoms with Crippen molar-refractivity contribution >= 4 is 11.6 Å². The van der Waals surface area contributed by atoms with E-state index in [9.17, 15) is 4.79 Å². The van der Waals surface area contributed by atoms with Gasteiger partial charge in [0, 0.05) is 31.9 Å². The number of piperidine rings is 1. The molecule has 0 aromatic heterocycles. The molecule has 1 amide bonds. The van der Waals surface area contributed by atoms with E-state index in [4.69, 9.17) is 0 Å². The van der Waals surface area contributed by atoms with E-state index in [1.165, 1.54) is 12.8 Å². The lowest BCUT2D eigenvalue weighted by molar-refractivity contribution is -0.119. The monoisotopic (exact) mass is 273 g/mol. The Morgan fingerprint density at radius 2 is 2.15 bits per heavy atom. The van der Waals surface area contributed by atoms with Crippen LogP contribution in [0.4, 0.5) is 5.69 Å². The van der Waals surface area contributed by atoms with Crippen molar-refractivity contribution in [1.82, 2.24) is 10.2 Å². The Hall–Kier alpha value is -1.39. The molecule has 2 aliphatic rings. The van der Waals surface area contributed by atoms with Gasteiger partial charge in [0.2, 0.25) is 5.91 Å². The van der Waals surface area contributed by atoms with Crippen LogP contribution in [0.1, 0.15) is 12.8 Å². The fraction of sp³-hybridized carbons (Fsp3) is 0.562. The first kappa shape index (κ1) is 13.6. The van der Waals surface area contributed by atoms with Crippen LogP contribution in [0.5, 0.6) is 0 Å². The standard InChI is InChI=1S/C16H23N3O/c1-18(14-7-3-2-4-8-14)16(20)12-19-10-13-6-5-9-17-15(13)11-19/h2-4,7-8,13,15,17H,5-6,9-12H2,1H3/t13-,15+/m0/s1. The van der Waals surface area contributed by atoms with Crippen molar-refractivity contribution in [3.05, 3.63) is 30.3 Å². The average Bonchev–Trinajstić information content (AvgIpc) is 2.89. The van der Waals surface area contributed by atoms with Crippen LogP contribution in [-0.2, 0) is 4.79 Å². The van der Waals surface area contributed by atoms with Gasteiger partial charge in [-0.15, -0.1) is 0 Å². The first-order valence-corrected chi connectivity index (χ1v) is 7.51. The Labute approximate surface area is 120 Å². The summed E-state index contributed by atoms with van der Waals surface area (Å²) < 4.78 is 0. The van der Waals surface area contributed by atoms with Crippen LogP contribution in [-0.4, -0.2) is 50.1 Å². The van der Waals surface area contributed by atoms with Crippen molar-refractivity contribution in [3.63, 3.8) is 0 Å². The molecule has 2 atom stereocenters. The van der Waals surface area contributed by atoms with E-state index < -0.39 is 0 Å². The number of amides is 1. The summed E-state index contributed by atoms with van der Waals surface area (Å²) in [6.07, 6.45) is 2.57. The maximum atomic E-state index is 12.4. The quantitative estimate of drug-likeness (QED) is 0.902. The first-order chi connectivity index (χ1) is 9.74. The molecule has 0 spiro atoms. The number of fused-ring (bicyclic) bond motifs is 1. The maximum Gasteiger partial charge on any atom is 0.240 e. The van der Waals surface area contributed by atoms with Crippen LogP contribution >= 0.6 is 0 Å². The molecule has 20 heavy (non-hydrogen) atoms. The van der Waals surface area contributed by atoms with Crippen LogP contribution in [0.2, 0.25) is 0 Å². The molecule has 108 valence electrons. The lowest BCUT2D eigenvalue weighted by Crippen LogP contribution is -2.41. The highest BCUT2D eigenvalue weighted by Crippen LogP contribution is 2.24.